The Morgan fingerprint density at radius 3 is 2.28 bits per heavy atom. The summed E-state index contributed by atoms with van der Waals surface area (Å²) in [7, 11) is 1.24. The molecule has 2 aromatic carbocycles. The molecule has 10 nitrogen and oxygen atoms in total. The van der Waals surface area contributed by atoms with Crippen LogP contribution in [0.3, 0.4) is 0 Å². The Labute approximate surface area is 234 Å². The van der Waals surface area contributed by atoms with Gasteiger partial charge in [0.25, 0.3) is 5.56 Å². The van der Waals surface area contributed by atoms with Crippen molar-refractivity contribution in [1.82, 2.24) is 9.64 Å². The van der Waals surface area contributed by atoms with Gasteiger partial charge in [0.05, 0.1) is 13.7 Å². The number of thioether (sulfide) groups is 1. The molecule has 0 aliphatic carbocycles. The van der Waals surface area contributed by atoms with Gasteiger partial charge >= 0.3 is 11.9 Å². The summed E-state index contributed by atoms with van der Waals surface area (Å²) in [5.41, 5.74) is 7.56. The van der Waals surface area contributed by atoms with Crippen molar-refractivity contribution < 1.29 is 28.4 Å². The van der Waals surface area contributed by atoms with E-state index in [1.807, 2.05) is 60.7 Å². The standard InChI is InChI=1S/C27H25N3O7S.ClH/c1-35-21(32)13-19-12-20(31)29(37-19)14-18-15-38-26-22(28)25(33)30(26)23(18)27(34)36-24(16-8-4-2-5-9-16)17-10-6-3-7-11-17;/h2-12,22,24,26H,13-15,28H2,1H3;1H/t22?,26-;/m1./s1. The second kappa shape index (κ2) is 11.9. The van der Waals surface area contributed by atoms with Gasteiger partial charge in [-0.25, -0.2) is 4.79 Å². The van der Waals surface area contributed by atoms with E-state index in [0.717, 1.165) is 15.9 Å². The maximum absolute atomic E-state index is 13.8. The molecule has 1 unspecified atom stereocenters. The van der Waals surface area contributed by atoms with E-state index in [1.54, 1.807) is 0 Å². The van der Waals surface area contributed by atoms with Gasteiger partial charge in [0.1, 0.15) is 29.3 Å². The number of fused-ring (bicyclic) bond motifs is 1. The topological polar surface area (TPSA) is 134 Å². The molecule has 0 bridgehead atoms. The summed E-state index contributed by atoms with van der Waals surface area (Å²) in [5, 5.41) is -0.413. The minimum absolute atomic E-state index is 0. The van der Waals surface area contributed by atoms with E-state index in [2.05, 4.69) is 4.74 Å². The van der Waals surface area contributed by atoms with E-state index in [-0.39, 0.29) is 36.8 Å². The second-order valence-electron chi connectivity index (χ2n) is 8.82. The largest absolute Gasteiger partial charge is 0.469 e. The Morgan fingerprint density at radius 1 is 1.08 bits per heavy atom. The second-order valence-corrected chi connectivity index (χ2v) is 9.93. The first kappa shape index (κ1) is 28.2. The monoisotopic (exact) mass is 571 g/mol. The van der Waals surface area contributed by atoms with Crippen molar-refractivity contribution in [2.75, 3.05) is 12.9 Å². The van der Waals surface area contributed by atoms with Gasteiger partial charge in [-0.15, -0.1) is 24.2 Å². The van der Waals surface area contributed by atoms with Crippen LogP contribution in [0.2, 0.25) is 0 Å². The number of hydrogen-bond acceptors (Lipinski definition) is 9. The molecule has 0 spiro atoms. The molecule has 1 fully saturated rings. The number of esters is 2. The molecule has 12 heteroatoms. The fourth-order valence-corrected chi connectivity index (χ4v) is 5.72. The molecule has 1 saturated heterocycles. The van der Waals surface area contributed by atoms with Gasteiger partial charge in [0.15, 0.2) is 6.10 Å². The molecule has 2 aliphatic rings. The average Bonchev–Trinajstić information content (AvgIpc) is 3.29. The molecule has 1 amide bonds. The zero-order valence-corrected chi connectivity index (χ0v) is 22.5. The summed E-state index contributed by atoms with van der Waals surface area (Å²) in [6, 6.07) is 19.0. The van der Waals surface area contributed by atoms with E-state index in [1.165, 1.54) is 29.8 Å². The molecular weight excluding hydrogens is 546 g/mol. The van der Waals surface area contributed by atoms with Crippen LogP contribution in [0.5, 0.6) is 0 Å². The van der Waals surface area contributed by atoms with E-state index >= 15 is 0 Å². The molecule has 1 aromatic heterocycles. The lowest BCUT2D eigenvalue weighted by molar-refractivity contribution is -0.153. The molecule has 5 rings (SSSR count). The highest BCUT2D eigenvalue weighted by atomic mass is 35.5. The van der Waals surface area contributed by atoms with Crippen molar-refractivity contribution in [3.05, 3.63) is 105 Å². The third-order valence-corrected chi connectivity index (χ3v) is 7.71. The highest BCUT2D eigenvalue weighted by Gasteiger charge is 2.52. The number of β-lactam (4-membered cyclic amide) rings is 1. The number of carbonyl (C=O) groups excluding carboxylic acids is 3. The van der Waals surface area contributed by atoms with Gasteiger partial charge in [0, 0.05) is 11.8 Å². The number of benzene rings is 2. The average molecular weight is 572 g/mol. The lowest BCUT2D eigenvalue weighted by Crippen LogP contribution is -2.68. The first-order chi connectivity index (χ1) is 18.4. The van der Waals surface area contributed by atoms with Crippen LogP contribution >= 0.6 is 24.2 Å². The van der Waals surface area contributed by atoms with Gasteiger partial charge in [-0.1, -0.05) is 60.7 Å². The Balaban J connectivity index is 0.00000353. The highest BCUT2D eigenvalue weighted by molar-refractivity contribution is 8.00. The van der Waals surface area contributed by atoms with Gasteiger partial charge in [0.2, 0.25) is 5.91 Å². The van der Waals surface area contributed by atoms with E-state index in [9.17, 15) is 19.2 Å². The van der Waals surface area contributed by atoms with Crippen molar-refractivity contribution in [2.45, 2.75) is 30.5 Å². The maximum Gasteiger partial charge on any atom is 0.356 e. The Hall–Kier alpha value is -3.80. The van der Waals surface area contributed by atoms with Crippen molar-refractivity contribution in [3.63, 3.8) is 0 Å². The number of ether oxygens (including phenoxy) is 2. The number of nitrogens with two attached hydrogens (primary N) is 1. The Bertz CT molecular complexity index is 1420. The molecule has 3 heterocycles. The third kappa shape index (κ3) is 5.65. The van der Waals surface area contributed by atoms with E-state index < -0.39 is 40.9 Å². The van der Waals surface area contributed by atoms with Crippen molar-refractivity contribution in [3.8, 4) is 0 Å². The summed E-state index contributed by atoms with van der Waals surface area (Å²) in [6.45, 7) is -0.107. The fraction of sp³-hybridized carbons (Fsp3) is 0.259. The number of carbonyl (C=O) groups is 3. The zero-order valence-electron chi connectivity index (χ0n) is 20.9. The van der Waals surface area contributed by atoms with Crippen LogP contribution in [-0.4, -0.2) is 51.8 Å². The van der Waals surface area contributed by atoms with Gasteiger partial charge < -0.3 is 19.7 Å². The summed E-state index contributed by atoms with van der Waals surface area (Å²) in [5.74, 6) is -1.21. The summed E-state index contributed by atoms with van der Waals surface area (Å²) >= 11 is 1.40. The van der Waals surface area contributed by atoms with E-state index in [0.29, 0.717) is 11.3 Å². The van der Waals surface area contributed by atoms with Crippen molar-refractivity contribution in [1.29, 1.82) is 0 Å². The van der Waals surface area contributed by atoms with Crippen LogP contribution in [0.1, 0.15) is 23.0 Å². The summed E-state index contributed by atoms with van der Waals surface area (Å²) in [4.78, 5) is 52.0. The molecule has 2 aliphatic heterocycles. The van der Waals surface area contributed by atoms with Gasteiger partial charge in [-0.2, -0.15) is 4.74 Å². The number of nitrogens with zero attached hydrogens (tertiary/aromatic N) is 2. The molecule has 2 atom stereocenters. The SMILES string of the molecule is COC(=O)Cc1cc(=O)n(CC2=C(C(=O)OC(c3ccccc3)c3ccccc3)N3C(=O)C(N)[C@H]3SC2)o1.Cl. The molecule has 2 N–H and O–H groups in total. The first-order valence-electron chi connectivity index (χ1n) is 11.9. The third-order valence-electron chi connectivity index (χ3n) is 6.35. The quantitative estimate of drug-likeness (QED) is 0.319. The van der Waals surface area contributed by atoms with Crippen LogP contribution in [0.4, 0.5) is 0 Å². The molecular formula is C27H26ClN3O7S. The van der Waals surface area contributed by atoms with Crippen LogP contribution in [0.15, 0.2) is 87.3 Å². The molecule has 0 radical (unpaired) electrons. The number of halogens is 1. The zero-order chi connectivity index (χ0) is 26.8. The molecule has 39 heavy (non-hydrogen) atoms. The van der Waals surface area contributed by atoms with Crippen molar-refractivity contribution >= 4 is 42.0 Å². The predicted molar refractivity (Wildman–Crippen MR) is 145 cm³/mol. The lowest BCUT2D eigenvalue weighted by Gasteiger charge is -2.48. The van der Waals surface area contributed by atoms with Crippen LogP contribution in [0, 0.1) is 0 Å². The Morgan fingerprint density at radius 2 is 1.69 bits per heavy atom. The predicted octanol–water partition coefficient (Wildman–Crippen LogP) is 2.41. The number of hydrogen-bond donors (Lipinski definition) is 1. The maximum atomic E-state index is 13.8. The van der Waals surface area contributed by atoms with Crippen LogP contribution in [0.25, 0.3) is 0 Å². The number of amides is 1. The van der Waals surface area contributed by atoms with Crippen molar-refractivity contribution in [2.24, 2.45) is 5.73 Å². The van der Waals surface area contributed by atoms with Gasteiger partial charge in [-0.05, 0) is 16.7 Å². The fourth-order valence-electron chi connectivity index (χ4n) is 4.44. The van der Waals surface area contributed by atoms with Gasteiger partial charge in [-0.3, -0.25) is 19.3 Å². The summed E-state index contributed by atoms with van der Waals surface area (Å²) < 4.78 is 17.3. The number of rotatable bonds is 8. The minimum atomic E-state index is -0.735. The number of aromatic nitrogens is 1. The smallest absolute Gasteiger partial charge is 0.356 e. The first-order valence-corrected chi connectivity index (χ1v) is 12.9. The molecule has 0 saturated carbocycles. The lowest BCUT2D eigenvalue weighted by atomic mass is 10.0. The van der Waals surface area contributed by atoms with Crippen LogP contribution in [-0.2, 0) is 36.8 Å². The minimum Gasteiger partial charge on any atom is -0.469 e. The molecule has 3 aromatic rings. The normalized spacial score (nSPS) is 18.2. The van der Waals surface area contributed by atoms with E-state index in [4.69, 9.17) is 15.0 Å². The summed E-state index contributed by atoms with van der Waals surface area (Å²) in [6.07, 6.45) is -0.937. The number of methoxy groups -OCH3 is 1. The Kier molecular flexibility index (Phi) is 8.63. The highest BCUT2D eigenvalue weighted by Crippen LogP contribution is 2.41. The van der Waals surface area contributed by atoms with Crippen LogP contribution < -0.4 is 11.3 Å². The molecule has 204 valence electrons.